The first-order valence-electron chi connectivity index (χ1n) is 5.46. The molecule has 1 aromatic carbocycles. The molecule has 0 bridgehead atoms. The minimum Gasteiger partial charge on any atom is -0.475 e. The molecule has 0 fully saturated rings. The lowest BCUT2D eigenvalue weighted by atomic mass is 10.3. The Hall–Kier alpha value is -2.56. The van der Waals surface area contributed by atoms with E-state index in [0.29, 0.717) is 12.3 Å². The second-order valence-electron chi connectivity index (χ2n) is 3.93. The number of fused-ring (bicyclic) bond motifs is 1. The van der Waals surface area contributed by atoms with Crippen molar-refractivity contribution in [2.24, 2.45) is 0 Å². The number of furan rings is 1. The van der Waals surface area contributed by atoms with Crippen molar-refractivity contribution >= 4 is 17.0 Å². The van der Waals surface area contributed by atoms with E-state index in [1.807, 2.05) is 28.8 Å². The Morgan fingerprint density at radius 3 is 2.89 bits per heavy atom. The Labute approximate surface area is 102 Å². The van der Waals surface area contributed by atoms with Gasteiger partial charge in [0.05, 0.1) is 23.9 Å². The monoisotopic (exact) mass is 242 g/mol. The zero-order valence-corrected chi connectivity index (χ0v) is 9.41. The molecule has 0 atom stereocenters. The lowest BCUT2D eigenvalue weighted by Gasteiger charge is -2.00. The van der Waals surface area contributed by atoms with E-state index in [4.69, 9.17) is 9.52 Å². The van der Waals surface area contributed by atoms with Crippen LogP contribution >= 0.6 is 0 Å². The summed E-state index contributed by atoms with van der Waals surface area (Å²) in [4.78, 5) is 15.0. The van der Waals surface area contributed by atoms with Gasteiger partial charge in [-0.25, -0.2) is 9.78 Å². The molecule has 0 unspecified atom stereocenters. The molecule has 0 aliphatic heterocycles. The Balaban J connectivity index is 1.93. The smallest absolute Gasteiger partial charge is 0.371 e. The van der Waals surface area contributed by atoms with Crippen molar-refractivity contribution in [3.8, 4) is 0 Å². The lowest BCUT2D eigenvalue weighted by molar-refractivity contribution is 0.0660. The van der Waals surface area contributed by atoms with Gasteiger partial charge >= 0.3 is 5.97 Å². The van der Waals surface area contributed by atoms with Gasteiger partial charge in [0.15, 0.2) is 0 Å². The maximum absolute atomic E-state index is 10.7. The van der Waals surface area contributed by atoms with E-state index in [-0.39, 0.29) is 5.76 Å². The molecule has 90 valence electrons. The summed E-state index contributed by atoms with van der Waals surface area (Å²) in [6.07, 6.45) is 1.72. The van der Waals surface area contributed by atoms with E-state index in [2.05, 4.69) is 4.98 Å². The number of benzene rings is 1. The Morgan fingerprint density at radius 1 is 1.28 bits per heavy atom. The molecule has 0 aliphatic carbocycles. The molecule has 0 spiro atoms. The van der Waals surface area contributed by atoms with Crippen molar-refractivity contribution in [2.75, 3.05) is 0 Å². The van der Waals surface area contributed by atoms with E-state index < -0.39 is 5.97 Å². The predicted octanol–water partition coefficient (Wildman–Crippen LogP) is 2.38. The standard InChI is InChI=1S/C13H10N2O3/c16-13(17)12-6-5-9(18-12)7-15-8-14-10-3-1-2-4-11(10)15/h1-6,8H,7H2,(H,16,17). The number of aromatic nitrogens is 2. The summed E-state index contributed by atoms with van der Waals surface area (Å²) in [6.45, 7) is 0.466. The average Bonchev–Trinajstić information content (AvgIpc) is 2.98. The SMILES string of the molecule is O=C(O)c1ccc(Cn2cnc3ccccc32)o1. The third-order valence-corrected chi connectivity index (χ3v) is 2.73. The topological polar surface area (TPSA) is 68.3 Å². The molecule has 0 aliphatic rings. The van der Waals surface area contributed by atoms with Gasteiger partial charge in [-0.1, -0.05) is 12.1 Å². The van der Waals surface area contributed by atoms with E-state index in [1.165, 1.54) is 6.07 Å². The largest absolute Gasteiger partial charge is 0.475 e. The number of rotatable bonds is 3. The number of carboxylic acids is 1. The summed E-state index contributed by atoms with van der Waals surface area (Å²) in [5, 5.41) is 8.78. The van der Waals surface area contributed by atoms with E-state index in [0.717, 1.165) is 11.0 Å². The molecule has 0 amide bonds. The zero-order chi connectivity index (χ0) is 12.5. The second kappa shape index (κ2) is 4.03. The Morgan fingerprint density at radius 2 is 2.11 bits per heavy atom. The van der Waals surface area contributed by atoms with Crippen molar-refractivity contribution in [1.82, 2.24) is 9.55 Å². The highest BCUT2D eigenvalue weighted by Gasteiger charge is 2.10. The third-order valence-electron chi connectivity index (χ3n) is 2.73. The Kier molecular flexibility index (Phi) is 2.37. The highest BCUT2D eigenvalue weighted by atomic mass is 16.4. The van der Waals surface area contributed by atoms with Crippen LogP contribution in [0.2, 0.25) is 0 Å². The van der Waals surface area contributed by atoms with Gasteiger partial charge in [-0.2, -0.15) is 0 Å². The van der Waals surface area contributed by atoms with Gasteiger partial charge in [0.25, 0.3) is 0 Å². The highest BCUT2D eigenvalue weighted by molar-refractivity contribution is 5.84. The minimum atomic E-state index is -1.06. The maximum Gasteiger partial charge on any atom is 0.371 e. The van der Waals surface area contributed by atoms with Crippen LogP contribution in [0, 0.1) is 0 Å². The molecule has 3 aromatic rings. The molecular weight excluding hydrogens is 232 g/mol. The number of para-hydroxylation sites is 2. The molecule has 5 heteroatoms. The summed E-state index contributed by atoms with van der Waals surface area (Å²) in [5.74, 6) is -0.512. The van der Waals surface area contributed by atoms with Crippen LogP contribution in [-0.4, -0.2) is 20.6 Å². The normalized spacial score (nSPS) is 10.9. The number of aromatic carboxylic acids is 1. The number of carbonyl (C=O) groups is 1. The van der Waals surface area contributed by atoms with Crippen molar-refractivity contribution in [3.63, 3.8) is 0 Å². The number of carboxylic acid groups (broad SMARTS) is 1. The summed E-state index contributed by atoms with van der Waals surface area (Å²) >= 11 is 0. The molecule has 0 saturated heterocycles. The average molecular weight is 242 g/mol. The number of hydrogen-bond donors (Lipinski definition) is 1. The van der Waals surface area contributed by atoms with Gasteiger partial charge < -0.3 is 14.1 Å². The maximum atomic E-state index is 10.7. The van der Waals surface area contributed by atoms with Crippen molar-refractivity contribution in [1.29, 1.82) is 0 Å². The lowest BCUT2D eigenvalue weighted by Crippen LogP contribution is -1.97. The van der Waals surface area contributed by atoms with Crippen molar-refractivity contribution < 1.29 is 14.3 Å². The van der Waals surface area contributed by atoms with Crippen molar-refractivity contribution in [2.45, 2.75) is 6.54 Å². The van der Waals surface area contributed by atoms with Crippen LogP contribution in [0.4, 0.5) is 0 Å². The highest BCUT2D eigenvalue weighted by Crippen LogP contribution is 2.15. The van der Waals surface area contributed by atoms with E-state index in [1.54, 1.807) is 12.4 Å². The number of hydrogen-bond acceptors (Lipinski definition) is 3. The minimum absolute atomic E-state index is 0.0468. The molecular formula is C13H10N2O3. The van der Waals surface area contributed by atoms with Crippen LogP contribution in [0.5, 0.6) is 0 Å². The van der Waals surface area contributed by atoms with Gasteiger partial charge in [0.1, 0.15) is 5.76 Å². The molecule has 5 nitrogen and oxygen atoms in total. The summed E-state index contributed by atoms with van der Waals surface area (Å²) in [7, 11) is 0. The Bertz CT molecular complexity index is 712. The van der Waals surface area contributed by atoms with Gasteiger partial charge in [0, 0.05) is 0 Å². The third kappa shape index (κ3) is 1.75. The van der Waals surface area contributed by atoms with Crippen LogP contribution in [0.1, 0.15) is 16.3 Å². The first-order chi connectivity index (χ1) is 8.74. The summed E-state index contributed by atoms with van der Waals surface area (Å²) < 4.78 is 7.14. The fraction of sp³-hybridized carbons (Fsp3) is 0.0769. The summed E-state index contributed by atoms with van der Waals surface area (Å²) in [6, 6.07) is 10.9. The molecule has 1 N–H and O–H groups in total. The van der Waals surface area contributed by atoms with Gasteiger partial charge in [-0.05, 0) is 24.3 Å². The summed E-state index contributed by atoms with van der Waals surface area (Å²) in [5.41, 5.74) is 1.90. The van der Waals surface area contributed by atoms with Crippen LogP contribution in [-0.2, 0) is 6.54 Å². The fourth-order valence-corrected chi connectivity index (χ4v) is 1.88. The number of imidazole rings is 1. The first-order valence-corrected chi connectivity index (χ1v) is 5.46. The molecule has 3 rings (SSSR count). The molecule has 2 aromatic heterocycles. The molecule has 0 radical (unpaired) electrons. The van der Waals surface area contributed by atoms with E-state index >= 15 is 0 Å². The molecule has 18 heavy (non-hydrogen) atoms. The molecule has 2 heterocycles. The van der Waals surface area contributed by atoms with Crippen LogP contribution in [0.3, 0.4) is 0 Å². The van der Waals surface area contributed by atoms with Gasteiger partial charge in [-0.15, -0.1) is 0 Å². The first kappa shape index (κ1) is 10.6. The van der Waals surface area contributed by atoms with E-state index in [9.17, 15) is 4.79 Å². The molecule has 0 saturated carbocycles. The fourth-order valence-electron chi connectivity index (χ4n) is 1.88. The van der Waals surface area contributed by atoms with Crippen molar-refractivity contribution in [3.05, 3.63) is 54.2 Å². The predicted molar refractivity (Wildman–Crippen MR) is 64.5 cm³/mol. The second-order valence-corrected chi connectivity index (χ2v) is 3.93. The van der Waals surface area contributed by atoms with Crippen LogP contribution in [0.25, 0.3) is 11.0 Å². The van der Waals surface area contributed by atoms with Gasteiger partial charge in [0.2, 0.25) is 5.76 Å². The van der Waals surface area contributed by atoms with Crippen LogP contribution in [0.15, 0.2) is 47.1 Å². The zero-order valence-electron chi connectivity index (χ0n) is 9.41. The van der Waals surface area contributed by atoms with Crippen LogP contribution < -0.4 is 0 Å². The van der Waals surface area contributed by atoms with Gasteiger partial charge in [-0.3, -0.25) is 0 Å². The quantitative estimate of drug-likeness (QED) is 0.765. The number of nitrogens with zero attached hydrogens (tertiary/aromatic N) is 2.